The molecule has 2 heteroatoms. The quantitative estimate of drug-likeness (QED) is 0.134. The summed E-state index contributed by atoms with van der Waals surface area (Å²) in [6.07, 6.45) is 1.96. The van der Waals surface area contributed by atoms with Gasteiger partial charge in [-0.3, -0.25) is 0 Å². The van der Waals surface area contributed by atoms with E-state index < -0.39 is 0 Å². The first kappa shape index (κ1) is 45.2. The number of rotatable bonds is 8. The molecule has 0 unspecified atom stereocenters. The Morgan fingerprint density at radius 2 is 0.684 bits per heavy atom. The molecule has 0 fully saturated rings. The summed E-state index contributed by atoms with van der Waals surface area (Å²) in [6, 6.07) is 109. The molecule has 0 atom stereocenters. The van der Waals surface area contributed by atoms with Gasteiger partial charge in [-0.1, -0.05) is 237 Å². The lowest BCUT2D eigenvalue weighted by Gasteiger charge is -2.27. The molecule has 2 aliphatic rings. The highest BCUT2D eigenvalue weighted by Gasteiger charge is 2.47. The van der Waals surface area contributed by atoms with E-state index in [4.69, 9.17) is 0 Å². The molecule has 0 radical (unpaired) electrons. The van der Waals surface area contributed by atoms with E-state index in [-0.39, 0.29) is 5.41 Å². The molecule has 12 aromatic carbocycles. The van der Waals surface area contributed by atoms with E-state index in [1.807, 2.05) is 0 Å². The maximum absolute atomic E-state index is 2.60. The standard InChI is InChI=1S/C77H52N2/c1-5-21-52(22-6-1)71-42-43-72(53-23-7-2-8-24-53)78(71)59-38-41-66-67(47-59)75(56-36-39-63-62-33-17-18-35-69(62)77(70(63)46-56)49-57-29-13-14-30-58(57)50-77)65-40-37-60(48-68(65)76(66)64-34-19-31-51-20-15-16-32-61(51)64)79-73(54-25-9-3-10-26-54)44-45-74(79)55-27-11-4-12-28-55/h1-48H,49-50H2. The fourth-order valence-corrected chi connectivity index (χ4v) is 13.9. The molecule has 79 heavy (non-hydrogen) atoms. The number of nitrogens with zero attached hydrogens (tertiary/aromatic N) is 2. The van der Waals surface area contributed by atoms with Crippen molar-refractivity contribution in [3.8, 4) is 89.8 Å². The summed E-state index contributed by atoms with van der Waals surface area (Å²) < 4.78 is 4.95. The Hall–Kier alpha value is -10.0. The van der Waals surface area contributed by atoms with Crippen LogP contribution < -0.4 is 0 Å². The van der Waals surface area contributed by atoms with E-state index >= 15 is 0 Å². The summed E-state index contributed by atoms with van der Waals surface area (Å²) in [7, 11) is 0. The Balaban J connectivity index is 1.04. The molecule has 0 N–H and O–H groups in total. The molecule has 0 aliphatic heterocycles. The van der Waals surface area contributed by atoms with Crippen molar-refractivity contribution in [3.05, 3.63) is 313 Å². The molecule has 2 heterocycles. The SMILES string of the molecule is c1ccc(-c2ccc(-c3ccccc3)n2-c2ccc3c(-c4cccc5ccccc45)c4cc(-n5c(-c6ccccc6)ccc5-c5ccccc5)ccc4c(-c4ccc5c(c4)C4(Cc6ccccc6C4)c4ccccc4-5)c3c2)cc1. The molecule has 16 rings (SSSR count). The van der Waals surface area contributed by atoms with E-state index in [1.165, 1.54) is 110 Å². The van der Waals surface area contributed by atoms with Crippen molar-refractivity contribution in [2.24, 2.45) is 0 Å². The van der Waals surface area contributed by atoms with Gasteiger partial charge in [0.05, 0.1) is 22.8 Å². The molecule has 2 aliphatic carbocycles. The topological polar surface area (TPSA) is 9.86 Å². The number of fused-ring (bicyclic) bond motifs is 9. The highest BCUT2D eigenvalue weighted by Crippen LogP contribution is 2.57. The summed E-state index contributed by atoms with van der Waals surface area (Å²) in [6.45, 7) is 0. The Kier molecular flexibility index (Phi) is 10.3. The normalized spacial score (nSPS) is 13.1. The Bertz CT molecular complexity index is 4550. The van der Waals surface area contributed by atoms with Crippen LogP contribution in [0.15, 0.2) is 291 Å². The molecular weight excluding hydrogens is 953 g/mol. The molecule has 0 bridgehead atoms. The molecule has 2 aromatic heterocycles. The van der Waals surface area contributed by atoms with Crippen molar-refractivity contribution in [3.63, 3.8) is 0 Å². The van der Waals surface area contributed by atoms with Crippen LogP contribution in [-0.2, 0) is 18.3 Å². The van der Waals surface area contributed by atoms with E-state index in [1.54, 1.807) is 0 Å². The molecule has 370 valence electrons. The highest BCUT2D eigenvalue weighted by atomic mass is 15.0. The van der Waals surface area contributed by atoms with Crippen LogP contribution in [0.4, 0.5) is 0 Å². The van der Waals surface area contributed by atoms with Gasteiger partial charge < -0.3 is 9.13 Å². The zero-order chi connectivity index (χ0) is 52.0. The van der Waals surface area contributed by atoms with Crippen LogP contribution in [-0.4, -0.2) is 9.13 Å². The lowest BCUT2D eigenvalue weighted by atomic mass is 9.75. The number of aromatic nitrogens is 2. The Morgan fingerprint density at radius 3 is 1.24 bits per heavy atom. The Labute approximate surface area is 460 Å². The van der Waals surface area contributed by atoms with Crippen LogP contribution in [0.1, 0.15) is 22.3 Å². The third-order valence-corrected chi connectivity index (χ3v) is 17.4. The molecule has 1 spiro atoms. The summed E-state index contributed by atoms with van der Waals surface area (Å²) in [5, 5.41) is 7.28. The van der Waals surface area contributed by atoms with Gasteiger partial charge in [0.1, 0.15) is 0 Å². The van der Waals surface area contributed by atoms with Gasteiger partial charge in [0, 0.05) is 16.8 Å². The van der Waals surface area contributed by atoms with Gasteiger partial charge in [0.15, 0.2) is 0 Å². The van der Waals surface area contributed by atoms with Crippen LogP contribution in [0.5, 0.6) is 0 Å². The smallest absolute Gasteiger partial charge is 0.0535 e. The molecule has 0 amide bonds. The van der Waals surface area contributed by atoms with Gasteiger partial charge in [-0.05, 0) is 178 Å². The van der Waals surface area contributed by atoms with E-state index in [0.29, 0.717) is 0 Å². The third kappa shape index (κ3) is 7.11. The first-order valence-electron chi connectivity index (χ1n) is 27.7. The van der Waals surface area contributed by atoms with Gasteiger partial charge in [-0.25, -0.2) is 0 Å². The minimum absolute atomic E-state index is 0.172. The highest BCUT2D eigenvalue weighted by molar-refractivity contribution is 6.24. The minimum atomic E-state index is -0.172. The Morgan fingerprint density at radius 1 is 0.253 bits per heavy atom. The largest absolute Gasteiger partial charge is 0.309 e. The monoisotopic (exact) mass is 1000 g/mol. The van der Waals surface area contributed by atoms with Crippen molar-refractivity contribution in [1.29, 1.82) is 0 Å². The van der Waals surface area contributed by atoms with E-state index in [0.717, 1.165) is 47.0 Å². The fraction of sp³-hybridized carbons (Fsp3) is 0.0390. The van der Waals surface area contributed by atoms with Crippen LogP contribution in [0.3, 0.4) is 0 Å². The predicted molar refractivity (Wildman–Crippen MR) is 330 cm³/mol. The zero-order valence-corrected chi connectivity index (χ0v) is 43.5. The molecule has 2 nitrogen and oxygen atoms in total. The summed E-state index contributed by atoms with van der Waals surface area (Å²) in [5.74, 6) is 0. The molecule has 0 saturated carbocycles. The van der Waals surface area contributed by atoms with Crippen LogP contribution >= 0.6 is 0 Å². The predicted octanol–water partition coefficient (Wildman–Crippen LogP) is 19.8. The van der Waals surface area contributed by atoms with E-state index in [2.05, 4.69) is 300 Å². The maximum atomic E-state index is 2.60. The van der Waals surface area contributed by atoms with Gasteiger partial charge in [0.2, 0.25) is 0 Å². The number of hydrogen-bond donors (Lipinski definition) is 0. The van der Waals surface area contributed by atoms with Crippen LogP contribution in [0.2, 0.25) is 0 Å². The zero-order valence-electron chi connectivity index (χ0n) is 43.5. The summed E-state index contributed by atoms with van der Waals surface area (Å²) in [5.41, 5.74) is 24.7. The van der Waals surface area contributed by atoms with Crippen molar-refractivity contribution < 1.29 is 0 Å². The average Bonchev–Trinajstić information content (AvgIpc) is 4.53. The van der Waals surface area contributed by atoms with Gasteiger partial charge in [-0.15, -0.1) is 0 Å². The van der Waals surface area contributed by atoms with Crippen LogP contribution in [0, 0.1) is 0 Å². The second-order valence-electron chi connectivity index (χ2n) is 21.6. The first-order chi connectivity index (χ1) is 39.2. The van der Waals surface area contributed by atoms with Crippen LogP contribution in [0.25, 0.3) is 122 Å². The first-order valence-corrected chi connectivity index (χ1v) is 27.7. The summed E-state index contributed by atoms with van der Waals surface area (Å²) in [4.78, 5) is 0. The lowest BCUT2D eigenvalue weighted by molar-refractivity contribution is 0.564. The van der Waals surface area contributed by atoms with Gasteiger partial charge in [0.25, 0.3) is 0 Å². The minimum Gasteiger partial charge on any atom is -0.309 e. The number of benzene rings is 12. The van der Waals surface area contributed by atoms with Crippen molar-refractivity contribution in [2.45, 2.75) is 18.3 Å². The second-order valence-corrected chi connectivity index (χ2v) is 21.6. The van der Waals surface area contributed by atoms with Crippen molar-refractivity contribution in [1.82, 2.24) is 9.13 Å². The van der Waals surface area contributed by atoms with Gasteiger partial charge in [-0.2, -0.15) is 0 Å². The maximum Gasteiger partial charge on any atom is 0.0535 e. The second kappa shape index (κ2) is 18.1. The third-order valence-electron chi connectivity index (χ3n) is 17.4. The van der Waals surface area contributed by atoms with E-state index in [9.17, 15) is 0 Å². The van der Waals surface area contributed by atoms with Crippen molar-refractivity contribution >= 4 is 32.3 Å². The van der Waals surface area contributed by atoms with Crippen molar-refractivity contribution in [2.75, 3.05) is 0 Å². The lowest BCUT2D eigenvalue weighted by Crippen LogP contribution is -2.25. The van der Waals surface area contributed by atoms with Gasteiger partial charge >= 0.3 is 0 Å². The summed E-state index contributed by atoms with van der Waals surface area (Å²) >= 11 is 0. The molecule has 0 saturated heterocycles. The fourth-order valence-electron chi connectivity index (χ4n) is 13.9. The number of hydrogen-bond acceptors (Lipinski definition) is 0. The molecule has 14 aromatic rings. The molecular formula is C77H52N2. The average molecular weight is 1010 g/mol.